The van der Waals surface area contributed by atoms with Gasteiger partial charge in [0.2, 0.25) is 0 Å². The Kier molecular flexibility index (Phi) is 6.56. The Balaban J connectivity index is 2.11. The summed E-state index contributed by atoms with van der Waals surface area (Å²) in [6.07, 6.45) is 1.93. The molecule has 0 fully saturated rings. The summed E-state index contributed by atoms with van der Waals surface area (Å²) in [7, 11) is 0. The first-order valence-electron chi connectivity index (χ1n) is 8.24. The summed E-state index contributed by atoms with van der Waals surface area (Å²) in [4.78, 5) is 12.6. The molecule has 25 heavy (non-hydrogen) atoms. The van der Waals surface area contributed by atoms with Gasteiger partial charge in [0, 0.05) is 11.5 Å². The van der Waals surface area contributed by atoms with E-state index < -0.39 is 11.5 Å². The van der Waals surface area contributed by atoms with Crippen LogP contribution in [0.4, 0.5) is 0 Å². The molecule has 2 aromatic carbocycles. The van der Waals surface area contributed by atoms with Crippen molar-refractivity contribution in [2.24, 2.45) is 11.7 Å². The Hall–Kier alpha value is -2.83. The molecule has 2 N–H and O–H groups in total. The van der Waals surface area contributed by atoms with E-state index in [-0.39, 0.29) is 12.5 Å². The molecule has 2 atom stereocenters. The van der Waals surface area contributed by atoms with Crippen LogP contribution in [0.3, 0.4) is 0 Å². The summed E-state index contributed by atoms with van der Waals surface area (Å²) < 4.78 is 5.44. The van der Waals surface area contributed by atoms with E-state index in [0.717, 1.165) is 11.1 Å². The Labute approximate surface area is 149 Å². The Morgan fingerprint density at radius 1 is 1.20 bits per heavy atom. The molecular formula is C22H23NO2. The minimum Gasteiger partial charge on any atom is -0.459 e. The summed E-state index contributed by atoms with van der Waals surface area (Å²) in [6.45, 7) is 5.74. The van der Waals surface area contributed by atoms with Crippen molar-refractivity contribution in [2.75, 3.05) is 0 Å². The highest BCUT2D eigenvalue weighted by atomic mass is 16.5. The van der Waals surface area contributed by atoms with Crippen molar-refractivity contribution in [3.63, 3.8) is 0 Å². The number of nitrogens with two attached hydrogens (primary N) is 1. The molecule has 0 aliphatic heterocycles. The highest BCUT2D eigenvalue weighted by Gasteiger charge is 2.39. The predicted octanol–water partition coefficient (Wildman–Crippen LogP) is 3.69. The Bertz CT molecular complexity index is 759. The molecule has 0 heterocycles. The molecular weight excluding hydrogens is 310 g/mol. The van der Waals surface area contributed by atoms with Crippen molar-refractivity contribution < 1.29 is 9.53 Å². The SMILES string of the molecule is C=CC[C@@](N)(C(=O)OCc1ccccc1)[C@H](C)C#Cc1ccccc1. The van der Waals surface area contributed by atoms with Gasteiger partial charge in [0.15, 0.2) is 0 Å². The fourth-order valence-electron chi connectivity index (χ4n) is 2.38. The largest absolute Gasteiger partial charge is 0.459 e. The number of rotatable bonds is 6. The van der Waals surface area contributed by atoms with Crippen molar-refractivity contribution in [1.29, 1.82) is 0 Å². The third kappa shape index (κ3) is 5.07. The lowest BCUT2D eigenvalue weighted by molar-refractivity contribution is -0.152. The van der Waals surface area contributed by atoms with Gasteiger partial charge in [-0.2, -0.15) is 0 Å². The second-order valence-electron chi connectivity index (χ2n) is 5.95. The van der Waals surface area contributed by atoms with Gasteiger partial charge >= 0.3 is 5.97 Å². The monoisotopic (exact) mass is 333 g/mol. The van der Waals surface area contributed by atoms with Gasteiger partial charge in [-0.1, -0.05) is 66.4 Å². The molecule has 2 rings (SSSR count). The highest BCUT2D eigenvalue weighted by molar-refractivity contribution is 5.82. The lowest BCUT2D eigenvalue weighted by atomic mass is 9.83. The number of hydrogen-bond acceptors (Lipinski definition) is 3. The quantitative estimate of drug-likeness (QED) is 0.498. The van der Waals surface area contributed by atoms with Crippen LogP contribution in [-0.4, -0.2) is 11.5 Å². The summed E-state index contributed by atoms with van der Waals surface area (Å²) in [6, 6.07) is 19.1. The fraction of sp³-hybridized carbons (Fsp3) is 0.227. The Morgan fingerprint density at radius 3 is 2.40 bits per heavy atom. The van der Waals surface area contributed by atoms with Crippen LogP contribution in [0.1, 0.15) is 24.5 Å². The van der Waals surface area contributed by atoms with Crippen molar-refractivity contribution in [3.8, 4) is 11.8 Å². The first-order chi connectivity index (χ1) is 12.1. The number of esters is 1. The molecule has 0 amide bonds. The molecule has 0 aromatic heterocycles. The van der Waals surface area contributed by atoms with Crippen molar-refractivity contribution in [3.05, 3.63) is 84.4 Å². The lowest BCUT2D eigenvalue weighted by Gasteiger charge is -2.29. The van der Waals surface area contributed by atoms with Crippen LogP contribution < -0.4 is 5.73 Å². The van der Waals surface area contributed by atoms with Gasteiger partial charge in [-0.3, -0.25) is 0 Å². The summed E-state index contributed by atoms with van der Waals surface area (Å²) in [5.74, 6) is 5.30. The van der Waals surface area contributed by atoms with E-state index in [1.807, 2.05) is 67.6 Å². The zero-order chi connectivity index (χ0) is 18.1. The average Bonchev–Trinajstić information content (AvgIpc) is 2.65. The lowest BCUT2D eigenvalue weighted by Crippen LogP contribution is -2.53. The molecule has 128 valence electrons. The third-order valence-corrected chi connectivity index (χ3v) is 4.05. The first-order valence-corrected chi connectivity index (χ1v) is 8.24. The van der Waals surface area contributed by atoms with E-state index in [0.29, 0.717) is 6.42 Å². The average molecular weight is 333 g/mol. The van der Waals surface area contributed by atoms with Gasteiger partial charge in [-0.15, -0.1) is 6.58 Å². The van der Waals surface area contributed by atoms with Crippen molar-refractivity contribution in [2.45, 2.75) is 25.5 Å². The molecule has 0 bridgehead atoms. The molecule has 0 saturated heterocycles. The molecule has 0 spiro atoms. The molecule has 0 saturated carbocycles. The fourth-order valence-corrected chi connectivity index (χ4v) is 2.38. The minimum atomic E-state index is -1.22. The summed E-state index contributed by atoms with van der Waals surface area (Å²) >= 11 is 0. The maximum absolute atomic E-state index is 12.6. The molecule has 0 aliphatic rings. The van der Waals surface area contributed by atoms with Crippen LogP contribution in [0.25, 0.3) is 0 Å². The van der Waals surface area contributed by atoms with Gasteiger partial charge in [0.25, 0.3) is 0 Å². The van der Waals surface area contributed by atoms with Crippen molar-refractivity contribution >= 4 is 5.97 Å². The second-order valence-corrected chi connectivity index (χ2v) is 5.95. The highest BCUT2D eigenvalue weighted by Crippen LogP contribution is 2.22. The number of carbonyl (C=O) groups excluding carboxylic acids is 1. The second kappa shape index (κ2) is 8.86. The molecule has 0 radical (unpaired) electrons. The van der Waals surface area contributed by atoms with Crippen molar-refractivity contribution in [1.82, 2.24) is 0 Å². The first kappa shape index (κ1) is 18.5. The molecule has 3 nitrogen and oxygen atoms in total. The summed E-state index contributed by atoms with van der Waals surface area (Å²) in [5, 5.41) is 0. The van der Waals surface area contributed by atoms with Crippen LogP contribution in [0, 0.1) is 17.8 Å². The van der Waals surface area contributed by atoms with Gasteiger partial charge in [-0.05, 0) is 31.0 Å². The summed E-state index contributed by atoms with van der Waals surface area (Å²) in [5.41, 5.74) is 6.95. The van der Waals surface area contributed by atoms with E-state index in [2.05, 4.69) is 18.4 Å². The van der Waals surface area contributed by atoms with Crippen LogP contribution in [-0.2, 0) is 16.1 Å². The zero-order valence-corrected chi connectivity index (χ0v) is 14.4. The third-order valence-electron chi connectivity index (χ3n) is 4.05. The predicted molar refractivity (Wildman–Crippen MR) is 100 cm³/mol. The van der Waals surface area contributed by atoms with Crippen LogP contribution >= 0.6 is 0 Å². The van der Waals surface area contributed by atoms with Crippen LogP contribution in [0.5, 0.6) is 0 Å². The van der Waals surface area contributed by atoms with Gasteiger partial charge in [-0.25, -0.2) is 4.79 Å². The molecule has 0 unspecified atom stereocenters. The maximum Gasteiger partial charge on any atom is 0.328 e. The Morgan fingerprint density at radius 2 is 1.80 bits per heavy atom. The molecule has 3 heteroatoms. The van der Waals surface area contributed by atoms with Crippen LogP contribution in [0.2, 0.25) is 0 Å². The van der Waals surface area contributed by atoms with E-state index in [9.17, 15) is 4.79 Å². The zero-order valence-electron chi connectivity index (χ0n) is 14.4. The number of hydrogen-bond donors (Lipinski definition) is 1. The van der Waals surface area contributed by atoms with E-state index in [4.69, 9.17) is 10.5 Å². The minimum absolute atomic E-state index is 0.189. The number of carbonyl (C=O) groups is 1. The normalized spacial score (nSPS) is 13.7. The molecule has 2 aromatic rings. The van der Waals surface area contributed by atoms with Gasteiger partial charge in [0.1, 0.15) is 12.1 Å². The number of benzene rings is 2. The smallest absolute Gasteiger partial charge is 0.328 e. The van der Waals surface area contributed by atoms with E-state index in [1.54, 1.807) is 6.08 Å². The number of ether oxygens (including phenoxy) is 1. The standard InChI is InChI=1S/C22H23NO2/c1-3-16-22(23,18(2)14-15-19-10-6-4-7-11-19)21(24)25-17-20-12-8-5-9-13-20/h3-13,18H,1,16-17,23H2,2H3/t18-,22+/m1/s1. The van der Waals surface area contributed by atoms with Gasteiger partial charge < -0.3 is 10.5 Å². The molecule has 0 aliphatic carbocycles. The van der Waals surface area contributed by atoms with Gasteiger partial charge in [0.05, 0.1) is 0 Å². The van der Waals surface area contributed by atoms with E-state index in [1.165, 1.54) is 0 Å². The topological polar surface area (TPSA) is 52.3 Å². The van der Waals surface area contributed by atoms with Crippen LogP contribution in [0.15, 0.2) is 73.3 Å². The van der Waals surface area contributed by atoms with E-state index >= 15 is 0 Å². The maximum atomic E-state index is 12.6.